The van der Waals surface area contributed by atoms with Gasteiger partial charge in [-0.15, -0.1) is 11.3 Å². The molecule has 2 fully saturated rings. The van der Waals surface area contributed by atoms with Gasteiger partial charge in [0.05, 0.1) is 31.0 Å². The van der Waals surface area contributed by atoms with Crippen LogP contribution in [-0.4, -0.2) is 57.8 Å². The first-order valence-corrected chi connectivity index (χ1v) is 10.5. The molecule has 0 amide bonds. The van der Waals surface area contributed by atoms with Crippen molar-refractivity contribution in [2.45, 2.75) is 63.9 Å². The molecule has 11 heteroatoms. The molecule has 170 valence electrons. The van der Waals surface area contributed by atoms with Gasteiger partial charge in [-0.2, -0.15) is 4.98 Å². The summed E-state index contributed by atoms with van der Waals surface area (Å²) in [7, 11) is 0. The van der Waals surface area contributed by atoms with Crippen molar-refractivity contribution in [1.82, 2.24) is 14.5 Å². The van der Waals surface area contributed by atoms with Gasteiger partial charge in [0, 0.05) is 57.7 Å². The Kier molecular flexibility index (Phi) is 9.14. The van der Waals surface area contributed by atoms with Crippen LogP contribution in [0.15, 0.2) is 22.6 Å². The van der Waals surface area contributed by atoms with Gasteiger partial charge in [0.2, 0.25) is 0 Å². The summed E-state index contributed by atoms with van der Waals surface area (Å²) in [6.45, 7) is 8.50. The van der Waals surface area contributed by atoms with Crippen LogP contribution in [0, 0.1) is 47.4 Å². The minimum absolute atomic E-state index is 0. The monoisotopic (exact) mass is 669 g/mol. The number of nitrogens with zero attached hydrogens (tertiary/aromatic N) is 3. The summed E-state index contributed by atoms with van der Waals surface area (Å²) in [5.74, 6) is 0.137. The number of nitrogen functional groups attached to an aromatic ring is 1. The molecule has 2 N–H and O–H groups in total. The topological polar surface area (TPSA) is 111 Å². The van der Waals surface area contributed by atoms with Crippen LogP contribution in [0.3, 0.4) is 0 Å². The van der Waals surface area contributed by atoms with Crippen molar-refractivity contribution in [2.75, 3.05) is 18.9 Å². The van der Waals surface area contributed by atoms with Gasteiger partial charge in [-0.1, -0.05) is 0 Å². The average Bonchev–Trinajstić information content (AvgIpc) is 3.35. The molecule has 0 aliphatic carbocycles. The van der Waals surface area contributed by atoms with Crippen LogP contribution in [-0.2, 0) is 18.9 Å². The van der Waals surface area contributed by atoms with Gasteiger partial charge in [0.25, 0.3) is 0 Å². The van der Waals surface area contributed by atoms with E-state index >= 15 is 0 Å². The van der Waals surface area contributed by atoms with Crippen molar-refractivity contribution in [1.29, 1.82) is 0 Å². The standard InChI is InChI=1S/C19H26N4O5S.CH3.Th/c1-10(2)25-8-19-9-26-13(14(19)27-11(3)4)17(28-19)23-7-12(15(20)22-18(23)24)16-21-5-6-29-16;;/h5-7,10-11,13-14,17H,8-9H2,1-4H3,(H2,20,22,24);1H3;/q;-1;/t13-,14+,17-,19+;;/m1../s1. The first-order valence-electron chi connectivity index (χ1n) is 9.66. The van der Waals surface area contributed by atoms with Crippen molar-refractivity contribution >= 4 is 17.2 Å². The van der Waals surface area contributed by atoms with Crippen LogP contribution in [0.1, 0.15) is 33.9 Å². The summed E-state index contributed by atoms with van der Waals surface area (Å²) in [4.78, 5) is 20.9. The van der Waals surface area contributed by atoms with E-state index in [1.807, 2.05) is 33.1 Å². The fraction of sp³-hybridized carbons (Fsp3) is 0.600. The molecular formula is C20H29N4O5STh-. The quantitative estimate of drug-likeness (QED) is 0.448. The fourth-order valence-electron chi connectivity index (χ4n) is 3.71. The largest absolute Gasteiger partial charge is 0.383 e. The summed E-state index contributed by atoms with van der Waals surface area (Å²) >= 11 is 1.42. The zero-order valence-electron chi connectivity index (χ0n) is 18.4. The van der Waals surface area contributed by atoms with Gasteiger partial charge < -0.3 is 32.1 Å². The molecule has 0 unspecified atom stereocenters. The molecule has 9 nitrogen and oxygen atoms in total. The van der Waals surface area contributed by atoms with Crippen LogP contribution in [0.5, 0.6) is 0 Å². The molecule has 0 aromatic carbocycles. The van der Waals surface area contributed by atoms with E-state index in [9.17, 15) is 4.79 Å². The Morgan fingerprint density at radius 1 is 1.35 bits per heavy atom. The van der Waals surface area contributed by atoms with Crippen molar-refractivity contribution in [3.63, 3.8) is 0 Å². The van der Waals surface area contributed by atoms with Crippen LogP contribution < -0.4 is 11.4 Å². The predicted molar refractivity (Wildman–Crippen MR) is 114 cm³/mol. The summed E-state index contributed by atoms with van der Waals surface area (Å²) in [5.41, 5.74) is 5.27. The van der Waals surface area contributed by atoms with E-state index in [-0.39, 0.29) is 71.5 Å². The molecule has 31 heavy (non-hydrogen) atoms. The van der Waals surface area contributed by atoms with Crippen molar-refractivity contribution < 1.29 is 58.9 Å². The second-order valence-corrected chi connectivity index (χ2v) is 8.78. The van der Waals surface area contributed by atoms with E-state index in [1.165, 1.54) is 15.9 Å². The molecule has 4 atom stereocenters. The zero-order chi connectivity index (χ0) is 20.8. The number of anilines is 1. The predicted octanol–water partition coefficient (Wildman–Crippen LogP) is 2.28. The van der Waals surface area contributed by atoms with Crippen molar-refractivity contribution in [3.8, 4) is 10.6 Å². The van der Waals surface area contributed by atoms with Crippen LogP contribution in [0.4, 0.5) is 5.82 Å². The molecule has 2 aromatic heterocycles. The summed E-state index contributed by atoms with van der Waals surface area (Å²) < 4.78 is 25.8. The summed E-state index contributed by atoms with van der Waals surface area (Å²) in [5, 5.41) is 2.52. The van der Waals surface area contributed by atoms with Gasteiger partial charge in [0.1, 0.15) is 28.6 Å². The number of aromatic nitrogens is 3. The third-order valence-corrected chi connectivity index (χ3v) is 5.78. The summed E-state index contributed by atoms with van der Waals surface area (Å²) in [6, 6.07) is 0. The zero-order valence-corrected chi connectivity index (χ0v) is 23.3. The number of nitrogens with two attached hydrogens (primary N) is 1. The normalized spacial score (nSPS) is 26.8. The molecule has 2 saturated heterocycles. The second-order valence-electron chi connectivity index (χ2n) is 7.88. The first-order chi connectivity index (χ1) is 13.8. The Morgan fingerprint density at radius 3 is 2.71 bits per heavy atom. The van der Waals surface area contributed by atoms with E-state index in [1.54, 1.807) is 12.4 Å². The van der Waals surface area contributed by atoms with E-state index in [2.05, 4.69) is 9.97 Å². The second kappa shape index (κ2) is 10.6. The minimum atomic E-state index is -0.786. The van der Waals surface area contributed by atoms with Gasteiger partial charge in [0.15, 0.2) is 6.23 Å². The van der Waals surface area contributed by atoms with E-state index in [4.69, 9.17) is 24.7 Å². The maximum absolute atomic E-state index is 12.7. The Morgan fingerprint density at radius 2 is 2.10 bits per heavy atom. The first kappa shape index (κ1) is 26.7. The molecule has 2 aliphatic heterocycles. The minimum Gasteiger partial charge on any atom is -0.383 e. The van der Waals surface area contributed by atoms with Gasteiger partial charge >= 0.3 is 5.69 Å². The fourth-order valence-corrected chi connectivity index (χ4v) is 4.36. The van der Waals surface area contributed by atoms with Crippen LogP contribution in [0.25, 0.3) is 10.6 Å². The van der Waals surface area contributed by atoms with Crippen LogP contribution in [0.2, 0.25) is 0 Å². The SMILES string of the molecule is CC(C)OC[C@@]12CO[C@@H]([C@H](n3cc(-c4nccs4)c(N)nc3=O)O1)[C@@H]2OC(C)C.[CH3-].[Th]. The third kappa shape index (κ3) is 5.19. The Hall–Kier alpha value is -0.525. The number of thiazole rings is 1. The van der Waals surface area contributed by atoms with E-state index in [0.717, 1.165) is 0 Å². The molecule has 4 rings (SSSR count). The average molecular weight is 670 g/mol. The third-order valence-electron chi connectivity index (χ3n) is 4.97. The van der Waals surface area contributed by atoms with Crippen molar-refractivity contribution in [3.05, 3.63) is 35.7 Å². The Labute approximate surface area is 218 Å². The van der Waals surface area contributed by atoms with Gasteiger partial charge in [-0.25, -0.2) is 9.78 Å². The molecular weight excluding hydrogens is 640 g/mol. The molecule has 2 bridgehead atoms. The molecule has 4 heterocycles. The smallest absolute Gasteiger partial charge is 0.351 e. The molecule has 2 aliphatic rings. The van der Waals surface area contributed by atoms with E-state index < -0.39 is 23.6 Å². The molecule has 2 aromatic rings. The van der Waals surface area contributed by atoms with E-state index in [0.29, 0.717) is 23.8 Å². The number of hydrogen-bond donors (Lipinski definition) is 1. The number of fused-ring (bicyclic) bond motifs is 2. The summed E-state index contributed by atoms with van der Waals surface area (Å²) in [6.07, 6.45) is 1.81. The van der Waals surface area contributed by atoms with Crippen LogP contribution >= 0.6 is 11.3 Å². The molecule has 0 radical (unpaired) electrons. The van der Waals surface area contributed by atoms with Gasteiger partial charge in [-0.3, -0.25) is 4.57 Å². The maximum atomic E-state index is 12.7. The number of hydrogen-bond acceptors (Lipinski definition) is 9. The number of rotatable bonds is 7. The van der Waals surface area contributed by atoms with Crippen molar-refractivity contribution in [2.24, 2.45) is 0 Å². The van der Waals surface area contributed by atoms with Gasteiger partial charge in [-0.05, 0) is 27.7 Å². The molecule has 0 spiro atoms. The molecule has 0 saturated carbocycles. The Bertz CT molecular complexity index is 923. The number of ether oxygens (including phenoxy) is 4. The maximum Gasteiger partial charge on any atom is 0.351 e. The Balaban J connectivity index is 0.00000171.